The standard InChI is InChI=1S/C14H27NO/c1-3-4-5-6-8-13(2)15-11-14-9-7-10-16-12-14/h9,13,15H,3-8,10-12H2,1-2H3. The molecule has 94 valence electrons. The molecule has 0 fully saturated rings. The zero-order valence-corrected chi connectivity index (χ0v) is 10.9. The van der Waals surface area contributed by atoms with Gasteiger partial charge < -0.3 is 10.1 Å². The Bertz CT molecular complexity index is 201. The Morgan fingerprint density at radius 2 is 2.25 bits per heavy atom. The Morgan fingerprint density at radius 3 is 2.94 bits per heavy atom. The maximum atomic E-state index is 5.42. The Kier molecular flexibility index (Phi) is 7.52. The highest BCUT2D eigenvalue weighted by molar-refractivity contribution is 5.06. The van der Waals surface area contributed by atoms with Crippen molar-refractivity contribution >= 4 is 0 Å². The molecule has 0 aliphatic carbocycles. The molecule has 1 aliphatic rings. The van der Waals surface area contributed by atoms with Crippen LogP contribution in [0.2, 0.25) is 0 Å². The highest BCUT2D eigenvalue weighted by atomic mass is 16.5. The Morgan fingerprint density at radius 1 is 1.38 bits per heavy atom. The van der Waals surface area contributed by atoms with Crippen molar-refractivity contribution in [1.29, 1.82) is 0 Å². The van der Waals surface area contributed by atoms with Gasteiger partial charge in [-0.3, -0.25) is 0 Å². The fourth-order valence-electron chi connectivity index (χ4n) is 2.02. The quantitative estimate of drug-likeness (QED) is 0.505. The molecule has 1 heterocycles. The van der Waals surface area contributed by atoms with Crippen LogP contribution in [-0.4, -0.2) is 25.8 Å². The molecule has 2 heteroatoms. The molecule has 0 radical (unpaired) electrons. The second-order valence-corrected chi connectivity index (χ2v) is 4.83. The van der Waals surface area contributed by atoms with Crippen molar-refractivity contribution < 1.29 is 4.74 Å². The van der Waals surface area contributed by atoms with Gasteiger partial charge in [-0.25, -0.2) is 0 Å². The van der Waals surface area contributed by atoms with Crippen molar-refractivity contribution in [2.45, 2.75) is 58.4 Å². The Balaban J connectivity index is 2.00. The fourth-order valence-corrected chi connectivity index (χ4v) is 2.02. The van der Waals surface area contributed by atoms with E-state index in [0.717, 1.165) is 26.2 Å². The number of hydrogen-bond acceptors (Lipinski definition) is 2. The zero-order chi connectivity index (χ0) is 11.6. The maximum Gasteiger partial charge on any atom is 0.0689 e. The van der Waals surface area contributed by atoms with Crippen LogP contribution in [0.5, 0.6) is 0 Å². The van der Waals surface area contributed by atoms with Gasteiger partial charge in [0.2, 0.25) is 0 Å². The van der Waals surface area contributed by atoms with Gasteiger partial charge in [0.1, 0.15) is 0 Å². The lowest BCUT2D eigenvalue weighted by molar-refractivity contribution is 0.148. The number of unbranched alkanes of at least 4 members (excludes halogenated alkanes) is 3. The molecule has 1 aliphatic heterocycles. The Labute approximate surface area is 100 Å². The van der Waals surface area contributed by atoms with E-state index in [1.165, 1.54) is 37.7 Å². The molecule has 2 nitrogen and oxygen atoms in total. The van der Waals surface area contributed by atoms with Gasteiger partial charge in [0.25, 0.3) is 0 Å². The van der Waals surface area contributed by atoms with Gasteiger partial charge in [0.05, 0.1) is 13.2 Å². The maximum absolute atomic E-state index is 5.42. The molecule has 0 aromatic rings. The number of nitrogens with one attached hydrogen (secondary N) is 1. The first kappa shape index (κ1) is 13.7. The minimum absolute atomic E-state index is 0.639. The first-order valence-corrected chi connectivity index (χ1v) is 6.82. The van der Waals surface area contributed by atoms with Crippen LogP contribution in [0.1, 0.15) is 52.4 Å². The summed E-state index contributed by atoms with van der Waals surface area (Å²) < 4.78 is 5.42. The number of ether oxygens (including phenoxy) is 1. The molecule has 0 spiro atoms. The summed E-state index contributed by atoms with van der Waals surface area (Å²) >= 11 is 0. The second kappa shape index (κ2) is 8.77. The molecule has 1 atom stereocenters. The third-order valence-electron chi connectivity index (χ3n) is 3.15. The summed E-state index contributed by atoms with van der Waals surface area (Å²) in [5.41, 5.74) is 1.42. The molecule has 0 aromatic carbocycles. The fraction of sp³-hybridized carbons (Fsp3) is 0.857. The van der Waals surface area contributed by atoms with Crippen LogP contribution >= 0.6 is 0 Å². The molecule has 16 heavy (non-hydrogen) atoms. The van der Waals surface area contributed by atoms with Crippen molar-refractivity contribution in [3.8, 4) is 0 Å². The van der Waals surface area contributed by atoms with Crippen molar-refractivity contribution in [3.05, 3.63) is 11.6 Å². The first-order valence-electron chi connectivity index (χ1n) is 6.82. The van der Waals surface area contributed by atoms with E-state index in [1.807, 2.05) is 0 Å². The predicted molar refractivity (Wildman–Crippen MR) is 69.7 cm³/mol. The first-order chi connectivity index (χ1) is 7.83. The van der Waals surface area contributed by atoms with Crippen molar-refractivity contribution in [2.24, 2.45) is 0 Å². The van der Waals surface area contributed by atoms with Crippen LogP contribution in [0.4, 0.5) is 0 Å². The normalized spacial score (nSPS) is 18.2. The van der Waals surface area contributed by atoms with Crippen LogP contribution in [0, 0.1) is 0 Å². The molecule has 1 rings (SSSR count). The van der Waals surface area contributed by atoms with E-state index in [1.54, 1.807) is 0 Å². The lowest BCUT2D eigenvalue weighted by Crippen LogP contribution is -2.29. The van der Waals surface area contributed by atoms with Crippen LogP contribution in [0.25, 0.3) is 0 Å². The summed E-state index contributed by atoms with van der Waals surface area (Å²) in [6, 6.07) is 0.639. The molecule has 0 bridgehead atoms. The van der Waals surface area contributed by atoms with E-state index in [9.17, 15) is 0 Å². The molecular weight excluding hydrogens is 198 g/mol. The molecule has 1 unspecified atom stereocenters. The molecule has 0 saturated carbocycles. The summed E-state index contributed by atoms with van der Waals surface area (Å²) in [5, 5.41) is 3.58. The number of hydrogen-bond donors (Lipinski definition) is 1. The molecule has 0 aromatic heterocycles. The molecule has 0 amide bonds. The van der Waals surface area contributed by atoms with E-state index in [-0.39, 0.29) is 0 Å². The summed E-state index contributed by atoms with van der Waals surface area (Å²) in [6.45, 7) is 7.29. The largest absolute Gasteiger partial charge is 0.377 e. The third kappa shape index (κ3) is 6.29. The highest BCUT2D eigenvalue weighted by Crippen LogP contribution is 2.07. The molecular formula is C14H27NO. The summed E-state index contributed by atoms with van der Waals surface area (Å²) in [4.78, 5) is 0. The van der Waals surface area contributed by atoms with Crippen LogP contribution in [0.15, 0.2) is 11.6 Å². The van der Waals surface area contributed by atoms with E-state index >= 15 is 0 Å². The van der Waals surface area contributed by atoms with Gasteiger partial charge in [-0.2, -0.15) is 0 Å². The average molecular weight is 225 g/mol. The second-order valence-electron chi connectivity index (χ2n) is 4.83. The SMILES string of the molecule is CCCCCCC(C)NCC1=CCCOC1. The topological polar surface area (TPSA) is 21.3 Å². The highest BCUT2D eigenvalue weighted by Gasteiger charge is 2.05. The van der Waals surface area contributed by atoms with Crippen molar-refractivity contribution in [2.75, 3.05) is 19.8 Å². The predicted octanol–water partition coefficient (Wildman–Crippen LogP) is 3.28. The van der Waals surface area contributed by atoms with Crippen LogP contribution in [0.3, 0.4) is 0 Å². The van der Waals surface area contributed by atoms with Gasteiger partial charge in [0, 0.05) is 12.6 Å². The minimum atomic E-state index is 0.639. The summed E-state index contributed by atoms with van der Waals surface area (Å²) in [5.74, 6) is 0. The van der Waals surface area contributed by atoms with Gasteiger partial charge in [-0.1, -0.05) is 38.7 Å². The van der Waals surface area contributed by atoms with Gasteiger partial charge in [-0.15, -0.1) is 0 Å². The Hall–Kier alpha value is -0.340. The monoisotopic (exact) mass is 225 g/mol. The van der Waals surface area contributed by atoms with Crippen molar-refractivity contribution in [1.82, 2.24) is 5.32 Å². The summed E-state index contributed by atoms with van der Waals surface area (Å²) in [6.07, 6.45) is 10.2. The van der Waals surface area contributed by atoms with Gasteiger partial charge in [-0.05, 0) is 25.3 Å². The lowest BCUT2D eigenvalue weighted by Gasteiger charge is -2.18. The van der Waals surface area contributed by atoms with Gasteiger partial charge >= 0.3 is 0 Å². The minimum Gasteiger partial charge on any atom is -0.377 e. The van der Waals surface area contributed by atoms with E-state index < -0.39 is 0 Å². The number of rotatable bonds is 8. The van der Waals surface area contributed by atoms with Crippen LogP contribution < -0.4 is 5.32 Å². The third-order valence-corrected chi connectivity index (χ3v) is 3.15. The summed E-state index contributed by atoms with van der Waals surface area (Å²) in [7, 11) is 0. The van der Waals surface area contributed by atoms with Crippen molar-refractivity contribution in [3.63, 3.8) is 0 Å². The lowest BCUT2D eigenvalue weighted by atomic mass is 10.1. The molecule has 1 N–H and O–H groups in total. The van der Waals surface area contributed by atoms with E-state index in [2.05, 4.69) is 25.2 Å². The zero-order valence-electron chi connectivity index (χ0n) is 10.9. The molecule has 0 saturated heterocycles. The average Bonchev–Trinajstić information content (AvgIpc) is 2.33. The van der Waals surface area contributed by atoms with Crippen LogP contribution in [-0.2, 0) is 4.74 Å². The smallest absolute Gasteiger partial charge is 0.0689 e. The van der Waals surface area contributed by atoms with E-state index in [4.69, 9.17) is 4.74 Å². The van der Waals surface area contributed by atoms with E-state index in [0.29, 0.717) is 6.04 Å². The van der Waals surface area contributed by atoms with Gasteiger partial charge in [0.15, 0.2) is 0 Å².